The predicted octanol–water partition coefficient (Wildman–Crippen LogP) is 9.78. The molecule has 3 heteroatoms. The van der Waals surface area contributed by atoms with Gasteiger partial charge in [0.05, 0.1) is 22.7 Å². The third-order valence-electron chi connectivity index (χ3n) is 7.69. The molecule has 0 saturated heterocycles. The number of furan rings is 1. The second kappa shape index (κ2) is 8.44. The first kappa shape index (κ1) is 22.7. The Labute approximate surface area is 214 Å². The van der Waals surface area contributed by atoms with E-state index < -0.39 is 0 Å². The number of aryl methyl sites for hydroxylation is 1. The van der Waals surface area contributed by atoms with E-state index >= 15 is 0 Å². The first-order valence-electron chi connectivity index (χ1n) is 13.1. The number of anilines is 4. The van der Waals surface area contributed by atoms with Crippen LogP contribution in [0.15, 0.2) is 83.3 Å². The van der Waals surface area contributed by atoms with Gasteiger partial charge in [-0.3, -0.25) is 0 Å². The van der Waals surface area contributed by atoms with Crippen LogP contribution < -0.4 is 9.80 Å². The SMILES string of the molecule is Cc1ccc2c(oc3ccccc32)c1N1c2ccccc2N(c2c(C(C)C)cccc2C(C)C)C1C. The molecule has 1 aliphatic rings. The zero-order valence-electron chi connectivity index (χ0n) is 22.0. The van der Waals surface area contributed by atoms with E-state index in [1.807, 2.05) is 6.07 Å². The smallest absolute Gasteiger partial charge is 0.159 e. The van der Waals surface area contributed by atoms with Gasteiger partial charge in [0.25, 0.3) is 0 Å². The lowest BCUT2D eigenvalue weighted by molar-refractivity contribution is 0.662. The highest BCUT2D eigenvalue weighted by Gasteiger charge is 2.39. The molecule has 0 fully saturated rings. The van der Waals surface area contributed by atoms with E-state index in [4.69, 9.17) is 4.42 Å². The molecule has 0 bridgehead atoms. The highest BCUT2D eigenvalue weighted by molar-refractivity contribution is 6.11. The van der Waals surface area contributed by atoms with Crippen LogP contribution in [-0.2, 0) is 0 Å². The van der Waals surface area contributed by atoms with Gasteiger partial charge >= 0.3 is 0 Å². The lowest BCUT2D eigenvalue weighted by Gasteiger charge is -2.35. The van der Waals surface area contributed by atoms with Gasteiger partial charge in [-0.15, -0.1) is 0 Å². The van der Waals surface area contributed by atoms with Crippen molar-refractivity contribution in [2.45, 2.75) is 59.5 Å². The minimum Gasteiger partial charge on any atom is -0.454 e. The fourth-order valence-corrected chi connectivity index (χ4v) is 5.97. The summed E-state index contributed by atoms with van der Waals surface area (Å²) in [5, 5.41) is 2.33. The van der Waals surface area contributed by atoms with Crippen LogP contribution in [0.3, 0.4) is 0 Å². The van der Waals surface area contributed by atoms with Crippen molar-refractivity contribution in [3.05, 3.63) is 95.6 Å². The van der Waals surface area contributed by atoms with Crippen molar-refractivity contribution in [1.29, 1.82) is 0 Å². The van der Waals surface area contributed by atoms with Crippen LogP contribution in [0.5, 0.6) is 0 Å². The van der Waals surface area contributed by atoms with E-state index in [0.29, 0.717) is 11.8 Å². The second-order valence-corrected chi connectivity index (χ2v) is 10.7. The molecule has 0 saturated carbocycles. The van der Waals surface area contributed by atoms with Crippen molar-refractivity contribution in [2.75, 3.05) is 9.80 Å². The van der Waals surface area contributed by atoms with Gasteiger partial charge in [0, 0.05) is 10.8 Å². The number of fused-ring (bicyclic) bond motifs is 4. The fraction of sp³-hybridized carbons (Fsp3) is 0.273. The molecule has 1 unspecified atom stereocenters. The number of rotatable bonds is 4. The summed E-state index contributed by atoms with van der Waals surface area (Å²) in [6.45, 7) is 13.7. The average molecular weight is 475 g/mol. The second-order valence-electron chi connectivity index (χ2n) is 10.7. The summed E-state index contributed by atoms with van der Waals surface area (Å²) in [5.74, 6) is 0.848. The first-order valence-corrected chi connectivity index (χ1v) is 13.1. The molecule has 182 valence electrons. The number of hydrogen-bond donors (Lipinski definition) is 0. The van der Waals surface area contributed by atoms with Gasteiger partial charge in [0.2, 0.25) is 0 Å². The molecule has 0 radical (unpaired) electrons. The normalized spacial score (nSPS) is 15.6. The summed E-state index contributed by atoms with van der Waals surface area (Å²) in [7, 11) is 0. The molecule has 0 amide bonds. The standard InChI is InChI=1S/C33H34N2O/c1-20(2)24-13-11-14-25(21(3)4)32(24)35-23(6)34(28-15-8-9-16-29(28)35)31-22(5)18-19-27-26-12-7-10-17-30(26)36-33(27)31/h7-21,23H,1-6H3. The van der Waals surface area contributed by atoms with E-state index in [2.05, 4.69) is 124 Å². The van der Waals surface area contributed by atoms with Gasteiger partial charge < -0.3 is 14.2 Å². The Hall–Kier alpha value is -3.72. The summed E-state index contributed by atoms with van der Waals surface area (Å²) in [6, 6.07) is 28.4. The largest absolute Gasteiger partial charge is 0.454 e. The number of nitrogens with zero attached hydrogens (tertiary/aromatic N) is 2. The summed E-state index contributed by atoms with van der Waals surface area (Å²) in [5.41, 5.74) is 10.9. The van der Waals surface area contributed by atoms with Gasteiger partial charge in [-0.2, -0.15) is 0 Å². The Bertz CT molecular complexity index is 1570. The Kier molecular flexibility index (Phi) is 5.33. The van der Waals surface area contributed by atoms with Gasteiger partial charge in [-0.1, -0.05) is 88.4 Å². The molecule has 4 aromatic carbocycles. The van der Waals surface area contributed by atoms with Crippen molar-refractivity contribution < 1.29 is 4.42 Å². The highest BCUT2D eigenvalue weighted by Crippen LogP contribution is 2.53. The van der Waals surface area contributed by atoms with Crippen molar-refractivity contribution in [3.63, 3.8) is 0 Å². The maximum atomic E-state index is 6.54. The third-order valence-corrected chi connectivity index (χ3v) is 7.69. The van der Waals surface area contributed by atoms with E-state index in [0.717, 1.165) is 22.2 Å². The predicted molar refractivity (Wildman–Crippen MR) is 153 cm³/mol. The quantitative estimate of drug-likeness (QED) is 0.258. The monoisotopic (exact) mass is 474 g/mol. The molecule has 1 aliphatic heterocycles. The van der Waals surface area contributed by atoms with E-state index in [1.165, 1.54) is 39.1 Å². The Morgan fingerprint density at radius 2 is 1.22 bits per heavy atom. The lowest BCUT2D eigenvalue weighted by atomic mass is 9.91. The molecule has 0 N–H and O–H groups in total. The fourth-order valence-electron chi connectivity index (χ4n) is 5.97. The highest BCUT2D eigenvalue weighted by atomic mass is 16.3. The van der Waals surface area contributed by atoms with Crippen LogP contribution in [0, 0.1) is 6.92 Å². The molecule has 36 heavy (non-hydrogen) atoms. The third kappa shape index (κ3) is 3.26. The first-order chi connectivity index (χ1) is 17.4. The Morgan fingerprint density at radius 3 is 1.86 bits per heavy atom. The van der Waals surface area contributed by atoms with Gasteiger partial charge in [-0.25, -0.2) is 0 Å². The minimum atomic E-state index is 0.0808. The summed E-state index contributed by atoms with van der Waals surface area (Å²) in [4.78, 5) is 5.04. The maximum absolute atomic E-state index is 6.54. The molecular formula is C33H34N2O. The van der Waals surface area contributed by atoms with Crippen LogP contribution in [0.2, 0.25) is 0 Å². The Balaban J connectivity index is 1.63. The summed E-state index contributed by atoms with van der Waals surface area (Å²) in [6.07, 6.45) is 0.0808. The van der Waals surface area contributed by atoms with Crippen LogP contribution >= 0.6 is 0 Å². The average Bonchev–Trinajstić information content (AvgIpc) is 3.38. The number of para-hydroxylation sites is 4. The van der Waals surface area contributed by atoms with E-state index in [1.54, 1.807) is 0 Å². The summed E-state index contributed by atoms with van der Waals surface area (Å²) < 4.78 is 6.54. The summed E-state index contributed by atoms with van der Waals surface area (Å²) >= 11 is 0. The van der Waals surface area contributed by atoms with Crippen LogP contribution in [0.1, 0.15) is 63.1 Å². The van der Waals surface area contributed by atoms with Gasteiger partial charge in [0.15, 0.2) is 5.58 Å². The zero-order chi connectivity index (χ0) is 25.1. The molecule has 5 aromatic rings. The van der Waals surface area contributed by atoms with Crippen LogP contribution in [0.25, 0.3) is 21.9 Å². The maximum Gasteiger partial charge on any atom is 0.159 e. The van der Waals surface area contributed by atoms with Crippen molar-refractivity contribution in [2.24, 2.45) is 0 Å². The van der Waals surface area contributed by atoms with Crippen LogP contribution in [-0.4, -0.2) is 6.17 Å². The van der Waals surface area contributed by atoms with Crippen LogP contribution in [0.4, 0.5) is 22.7 Å². The molecule has 2 heterocycles. The van der Waals surface area contributed by atoms with Crippen molar-refractivity contribution in [3.8, 4) is 0 Å². The van der Waals surface area contributed by atoms with Crippen molar-refractivity contribution in [1.82, 2.24) is 0 Å². The number of benzene rings is 4. The molecule has 1 atom stereocenters. The molecule has 6 rings (SSSR count). The van der Waals surface area contributed by atoms with Crippen molar-refractivity contribution >= 4 is 44.7 Å². The van der Waals surface area contributed by atoms with Gasteiger partial charge in [0.1, 0.15) is 11.7 Å². The van der Waals surface area contributed by atoms with E-state index in [9.17, 15) is 0 Å². The topological polar surface area (TPSA) is 19.6 Å². The molecule has 3 nitrogen and oxygen atoms in total. The lowest BCUT2D eigenvalue weighted by Crippen LogP contribution is -2.37. The molecule has 0 spiro atoms. The molecule has 0 aliphatic carbocycles. The number of hydrogen-bond acceptors (Lipinski definition) is 3. The Morgan fingerprint density at radius 1 is 0.639 bits per heavy atom. The minimum absolute atomic E-state index is 0.0808. The molecular weight excluding hydrogens is 440 g/mol. The zero-order valence-corrected chi connectivity index (χ0v) is 22.0. The van der Waals surface area contributed by atoms with E-state index in [-0.39, 0.29) is 6.17 Å². The van der Waals surface area contributed by atoms with Gasteiger partial charge in [-0.05, 0) is 60.6 Å². The molecule has 1 aromatic heterocycles.